The number of aryl methyl sites for hydroxylation is 1. The molecule has 0 aliphatic carbocycles. The number of anilines is 1. The standard InChI is InChI=1S/C14H15NO2S/c1-10-8-12(2-3-13(10)15)14(16)17-6-4-11-5-7-18-9-11/h2-3,5,7-9H,4,6,15H2,1H3. The van der Waals surface area contributed by atoms with Crippen LogP contribution in [-0.4, -0.2) is 12.6 Å². The molecule has 2 aromatic rings. The number of nitrogens with two attached hydrogens (primary N) is 1. The molecule has 0 amide bonds. The SMILES string of the molecule is Cc1cc(C(=O)OCCc2ccsc2)ccc1N. The number of hydrogen-bond donors (Lipinski definition) is 1. The molecule has 0 fully saturated rings. The summed E-state index contributed by atoms with van der Waals surface area (Å²) in [6.07, 6.45) is 0.753. The molecule has 0 saturated heterocycles. The zero-order valence-electron chi connectivity index (χ0n) is 10.2. The maximum atomic E-state index is 11.8. The molecule has 1 heterocycles. The minimum absolute atomic E-state index is 0.298. The Morgan fingerprint density at radius 3 is 2.89 bits per heavy atom. The van der Waals surface area contributed by atoms with Crippen LogP contribution < -0.4 is 5.73 Å². The summed E-state index contributed by atoms with van der Waals surface area (Å²) in [4.78, 5) is 11.8. The Morgan fingerprint density at radius 1 is 1.39 bits per heavy atom. The van der Waals surface area contributed by atoms with Gasteiger partial charge in [0.2, 0.25) is 0 Å². The van der Waals surface area contributed by atoms with Crippen molar-refractivity contribution in [3.63, 3.8) is 0 Å². The number of esters is 1. The molecule has 1 aromatic carbocycles. The Balaban J connectivity index is 1.89. The van der Waals surface area contributed by atoms with Crippen LogP contribution in [0.5, 0.6) is 0 Å². The van der Waals surface area contributed by atoms with Gasteiger partial charge in [-0.05, 0) is 53.1 Å². The number of hydrogen-bond acceptors (Lipinski definition) is 4. The number of ether oxygens (including phenoxy) is 1. The third-order valence-electron chi connectivity index (χ3n) is 2.71. The van der Waals surface area contributed by atoms with Gasteiger partial charge in [-0.1, -0.05) is 0 Å². The van der Waals surface area contributed by atoms with E-state index in [9.17, 15) is 4.79 Å². The van der Waals surface area contributed by atoms with Gasteiger partial charge < -0.3 is 10.5 Å². The minimum Gasteiger partial charge on any atom is -0.462 e. The van der Waals surface area contributed by atoms with Crippen molar-refractivity contribution in [1.82, 2.24) is 0 Å². The summed E-state index contributed by atoms with van der Waals surface area (Å²) in [5.74, 6) is -0.298. The lowest BCUT2D eigenvalue weighted by molar-refractivity contribution is 0.0509. The molecule has 2 N–H and O–H groups in total. The summed E-state index contributed by atoms with van der Waals surface area (Å²) in [6.45, 7) is 2.27. The molecule has 3 nitrogen and oxygen atoms in total. The van der Waals surface area contributed by atoms with E-state index in [0.717, 1.165) is 12.0 Å². The van der Waals surface area contributed by atoms with E-state index < -0.39 is 0 Å². The fourth-order valence-electron chi connectivity index (χ4n) is 1.58. The predicted molar refractivity (Wildman–Crippen MR) is 73.9 cm³/mol. The molecule has 0 atom stereocenters. The zero-order valence-corrected chi connectivity index (χ0v) is 11.0. The number of carbonyl (C=O) groups is 1. The first-order valence-electron chi connectivity index (χ1n) is 5.71. The summed E-state index contributed by atoms with van der Waals surface area (Å²) in [5.41, 5.74) is 9.02. The quantitative estimate of drug-likeness (QED) is 0.680. The highest BCUT2D eigenvalue weighted by atomic mass is 32.1. The maximum Gasteiger partial charge on any atom is 0.338 e. The number of nitrogen functional groups attached to an aromatic ring is 1. The second-order valence-electron chi connectivity index (χ2n) is 4.09. The van der Waals surface area contributed by atoms with Crippen molar-refractivity contribution in [2.45, 2.75) is 13.3 Å². The zero-order chi connectivity index (χ0) is 13.0. The number of benzene rings is 1. The average molecular weight is 261 g/mol. The molecule has 0 aliphatic heterocycles. The first kappa shape index (κ1) is 12.6. The summed E-state index contributed by atoms with van der Waals surface area (Å²) < 4.78 is 5.22. The average Bonchev–Trinajstić information content (AvgIpc) is 2.85. The van der Waals surface area contributed by atoms with E-state index in [4.69, 9.17) is 10.5 Å². The van der Waals surface area contributed by atoms with Crippen molar-refractivity contribution in [3.05, 3.63) is 51.7 Å². The van der Waals surface area contributed by atoms with E-state index >= 15 is 0 Å². The van der Waals surface area contributed by atoms with Crippen molar-refractivity contribution >= 4 is 23.0 Å². The van der Waals surface area contributed by atoms with Crippen LogP contribution >= 0.6 is 11.3 Å². The van der Waals surface area contributed by atoms with E-state index in [2.05, 4.69) is 5.38 Å². The molecule has 2 rings (SSSR count). The van der Waals surface area contributed by atoms with Crippen molar-refractivity contribution in [2.24, 2.45) is 0 Å². The highest BCUT2D eigenvalue weighted by molar-refractivity contribution is 7.07. The Morgan fingerprint density at radius 2 is 2.22 bits per heavy atom. The monoisotopic (exact) mass is 261 g/mol. The van der Waals surface area contributed by atoms with E-state index in [1.54, 1.807) is 29.5 Å². The van der Waals surface area contributed by atoms with Crippen molar-refractivity contribution in [1.29, 1.82) is 0 Å². The van der Waals surface area contributed by atoms with Gasteiger partial charge in [-0.3, -0.25) is 0 Å². The summed E-state index contributed by atoms with van der Waals surface area (Å²) in [7, 11) is 0. The summed E-state index contributed by atoms with van der Waals surface area (Å²) in [6, 6.07) is 7.20. The van der Waals surface area contributed by atoms with E-state index in [0.29, 0.717) is 17.9 Å². The fraction of sp³-hybridized carbons (Fsp3) is 0.214. The molecule has 0 aliphatic rings. The van der Waals surface area contributed by atoms with Crippen LogP contribution in [0, 0.1) is 6.92 Å². The van der Waals surface area contributed by atoms with Crippen molar-refractivity contribution in [3.8, 4) is 0 Å². The molecule has 4 heteroatoms. The van der Waals surface area contributed by atoms with Gasteiger partial charge in [-0.15, -0.1) is 0 Å². The van der Waals surface area contributed by atoms with Crippen molar-refractivity contribution in [2.75, 3.05) is 12.3 Å². The van der Waals surface area contributed by atoms with Gasteiger partial charge >= 0.3 is 5.97 Å². The van der Waals surface area contributed by atoms with E-state index in [1.165, 1.54) is 5.56 Å². The highest BCUT2D eigenvalue weighted by Crippen LogP contribution is 2.14. The summed E-state index contributed by atoms with van der Waals surface area (Å²) in [5, 5.41) is 4.07. The molecule has 94 valence electrons. The smallest absolute Gasteiger partial charge is 0.338 e. The lowest BCUT2D eigenvalue weighted by Gasteiger charge is -2.06. The lowest BCUT2D eigenvalue weighted by atomic mass is 10.1. The Bertz CT molecular complexity index is 535. The van der Waals surface area contributed by atoms with Crippen LogP contribution in [-0.2, 0) is 11.2 Å². The van der Waals surface area contributed by atoms with Crippen LogP contribution in [0.25, 0.3) is 0 Å². The summed E-state index contributed by atoms with van der Waals surface area (Å²) >= 11 is 1.64. The third kappa shape index (κ3) is 3.11. The molecule has 18 heavy (non-hydrogen) atoms. The normalized spacial score (nSPS) is 10.3. The topological polar surface area (TPSA) is 52.3 Å². The molecular formula is C14H15NO2S. The Kier molecular flexibility index (Phi) is 3.99. The van der Waals surface area contributed by atoms with Crippen LogP contribution in [0.4, 0.5) is 5.69 Å². The van der Waals surface area contributed by atoms with Gasteiger partial charge in [-0.25, -0.2) is 4.79 Å². The second kappa shape index (κ2) is 5.69. The molecule has 0 radical (unpaired) electrons. The third-order valence-corrected chi connectivity index (χ3v) is 3.44. The first-order chi connectivity index (χ1) is 8.66. The van der Waals surface area contributed by atoms with Gasteiger partial charge in [-0.2, -0.15) is 11.3 Å². The van der Waals surface area contributed by atoms with Gasteiger partial charge in [0, 0.05) is 12.1 Å². The molecular weight excluding hydrogens is 246 g/mol. The van der Waals surface area contributed by atoms with Crippen LogP contribution in [0.15, 0.2) is 35.0 Å². The lowest BCUT2D eigenvalue weighted by Crippen LogP contribution is -2.08. The minimum atomic E-state index is -0.298. The van der Waals surface area contributed by atoms with Gasteiger partial charge in [0.25, 0.3) is 0 Å². The molecule has 1 aromatic heterocycles. The second-order valence-corrected chi connectivity index (χ2v) is 4.87. The number of carbonyl (C=O) groups excluding carboxylic acids is 1. The Labute approximate surface area is 110 Å². The van der Waals surface area contributed by atoms with Crippen LogP contribution in [0.3, 0.4) is 0 Å². The van der Waals surface area contributed by atoms with Crippen molar-refractivity contribution < 1.29 is 9.53 Å². The molecule has 0 saturated carbocycles. The van der Waals surface area contributed by atoms with Gasteiger partial charge in [0.05, 0.1) is 12.2 Å². The van der Waals surface area contributed by atoms with Gasteiger partial charge in [0.1, 0.15) is 0 Å². The molecule has 0 bridgehead atoms. The fourth-order valence-corrected chi connectivity index (χ4v) is 2.29. The highest BCUT2D eigenvalue weighted by Gasteiger charge is 2.08. The van der Waals surface area contributed by atoms with Crippen LogP contribution in [0.2, 0.25) is 0 Å². The molecule has 0 unspecified atom stereocenters. The number of thiophene rings is 1. The van der Waals surface area contributed by atoms with Crippen LogP contribution in [0.1, 0.15) is 21.5 Å². The molecule has 0 spiro atoms. The Hall–Kier alpha value is -1.81. The van der Waals surface area contributed by atoms with E-state index in [-0.39, 0.29) is 5.97 Å². The largest absolute Gasteiger partial charge is 0.462 e. The maximum absolute atomic E-state index is 11.8. The van der Waals surface area contributed by atoms with Gasteiger partial charge in [0.15, 0.2) is 0 Å². The predicted octanol–water partition coefficient (Wildman–Crippen LogP) is 3.04. The van der Waals surface area contributed by atoms with E-state index in [1.807, 2.05) is 18.4 Å². The first-order valence-corrected chi connectivity index (χ1v) is 6.65. The number of rotatable bonds is 4.